The van der Waals surface area contributed by atoms with E-state index in [0.29, 0.717) is 16.5 Å². The number of benzene rings is 1. The van der Waals surface area contributed by atoms with Crippen LogP contribution in [0.5, 0.6) is 11.5 Å². The highest BCUT2D eigenvalue weighted by atomic mass is 35.5. The molecule has 2 aliphatic rings. The Labute approximate surface area is 109 Å². The Hall–Kier alpha value is -1.42. The van der Waals surface area contributed by atoms with E-state index in [4.69, 9.17) is 26.2 Å². The molecule has 0 spiro atoms. The first kappa shape index (κ1) is 11.7. The van der Waals surface area contributed by atoms with Gasteiger partial charge in [0.05, 0.1) is 11.4 Å². The number of carboxylic acids is 1. The van der Waals surface area contributed by atoms with Crippen molar-refractivity contribution in [1.29, 1.82) is 0 Å². The van der Waals surface area contributed by atoms with Crippen LogP contribution < -0.4 is 9.47 Å². The van der Waals surface area contributed by atoms with Crippen molar-refractivity contribution in [2.45, 2.75) is 31.6 Å². The van der Waals surface area contributed by atoms with Crippen molar-refractivity contribution in [3.05, 3.63) is 22.2 Å². The van der Waals surface area contributed by atoms with Gasteiger partial charge in [0.25, 0.3) is 0 Å². The van der Waals surface area contributed by atoms with Crippen LogP contribution in [0.1, 0.15) is 30.4 Å². The summed E-state index contributed by atoms with van der Waals surface area (Å²) in [5.41, 5.74) is 1.40. The van der Waals surface area contributed by atoms with Gasteiger partial charge in [0, 0.05) is 11.0 Å². The lowest BCUT2D eigenvalue weighted by molar-refractivity contribution is -0.137. The van der Waals surface area contributed by atoms with E-state index in [9.17, 15) is 4.79 Å². The van der Waals surface area contributed by atoms with Crippen molar-refractivity contribution in [3.8, 4) is 11.5 Å². The third kappa shape index (κ3) is 1.63. The molecular weight excluding hydrogens is 256 g/mol. The van der Waals surface area contributed by atoms with Crippen LogP contribution in [0.4, 0.5) is 0 Å². The lowest BCUT2D eigenvalue weighted by Crippen LogP contribution is -2.14. The van der Waals surface area contributed by atoms with Crippen molar-refractivity contribution in [2.75, 3.05) is 6.79 Å². The molecule has 0 radical (unpaired) electrons. The second-order valence-electron chi connectivity index (χ2n) is 4.95. The summed E-state index contributed by atoms with van der Waals surface area (Å²) in [7, 11) is 0. The molecule has 0 saturated heterocycles. The van der Waals surface area contributed by atoms with Crippen LogP contribution in [-0.4, -0.2) is 17.9 Å². The molecule has 0 bridgehead atoms. The highest BCUT2D eigenvalue weighted by molar-refractivity contribution is 6.32. The highest BCUT2D eigenvalue weighted by Crippen LogP contribution is 2.56. The Balaban J connectivity index is 2.08. The van der Waals surface area contributed by atoms with Crippen LogP contribution in [-0.2, 0) is 10.2 Å². The van der Waals surface area contributed by atoms with E-state index < -0.39 is 5.97 Å². The molecule has 1 aromatic rings. The van der Waals surface area contributed by atoms with Gasteiger partial charge in [-0.15, -0.1) is 0 Å². The van der Waals surface area contributed by atoms with Gasteiger partial charge in [-0.2, -0.15) is 0 Å². The standard InChI is InChI=1S/C13H13ClO4/c1-7-11(14)8(4-9-12(7)18-6-17-9)13(2-3-13)5-10(15)16/h4H,2-3,5-6H2,1H3,(H,15,16). The zero-order chi connectivity index (χ0) is 12.9. The van der Waals surface area contributed by atoms with Crippen LogP contribution in [0.15, 0.2) is 6.07 Å². The highest BCUT2D eigenvalue weighted by Gasteiger charge is 2.48. The second kappa shape index (κ2) is 3.79. The fraction of sp³-hybridized carbons (Fsp3) is 0.462. The molecule has 0 unspecified atom stereocenters. The Morgan fingerprint density at radius 1 is 1.50 bits per heavy atom. The summed E-state index contributed by atoms with van der Waals surface area (Å²) < 4.78 is 10.7. The SMILES string of the molecule is Cc1c(Cl)c(C2(CC(=O)O)CC2)cc2c1OCO2. The first-order chi connectivity index (χ1) is 8.53. The van der Waals surface area contributed by atoms with Crippen molar-refractivity contribution >= 4 is 17.6 Å². The number of fused-ring (bicyclic) bond motifs is 1. The van der Waals surface area contributed by atoms with Gasteiger partial charge < -0.3 is 14.6 Å². The summed E-state index contributed by atoms with van der Waals surface area (Å²) >= 11 is 6.36. The molecule has 3 rings (SSSR count). The molecule has 0 atom stereocenters. The summed E-state index contributed by atoms with van der Waals surface area (Å²) in [5, 5.41) is 9.61. The first-order valence-electron chi connectivity index (χ1n) is 5.84. The molecule has 0 amide bonds. The van der Waals surface area contributed by atoms with Crippen molar-refractivity contribution in [1.82, 2.24) is 0 Å². The molecule has 1 aliphatic carbocycles. The number of aliphatic carboxylic acids is 1. The van der Waals surface area contributed by atoms with E-state index in [1.54, 1.807) is 0 Å². The van der Waals surface area contributed by atoms with E-state index >= 15 is 0 Å². The quantitative estimate of drug-likeness (QED) is 0.916. The Kier molecular flexibility index (Phi) is 2.45. The van der Waals surface area contributed by atoms with E-state index in [1.807, 2.05) is 13.0 Å². The maximum Gasteiger partial charge on any atom is 0.304 e. The summed E-state index contributed by atoms with van der Waals surface area (Å²) in [5.74, 6) is 0.553. The third-order valence-corrected chi connectivity index (χ3v) is 4.22. The smallest absolute Gasteiger partial charge is 0.304 e. The maximum atomic E-state index is 11.0. The molecule has 1 heterocycles. The number of carbonyl (C=O) groups is 1. The van der Waals surface area contributed by atoms with Gasteiger partial charge >= 0.3 is 5.97 Å². The lowest BCUT2D eigenvalue weighted by Gasteiger charge is -2.17. The van der Waals surface area contributed by atoms with Crippen LogP contribution in [0.2, 0.25) is 5.02 Å². The molecule has 1 N–H and O–H groups in total. The van der Waals surface area contributed by atoms with Crippen molar-refractivity contribution < 1.29 is 19.4 Å². The van der Waals surface area contributed by atoms with Crippen LogP contribution in [0.25, 0.3) is 0 Å². The number of hydrogen-bond donors (Lipinski definition) is 1. The van der Waals surface area contributed by atoms with E-state index in [2.05, 4.69) is 0 Å². The van der Waals surface area contributed by atoms with Gasteiger partial charge in [0.1, 0.15) is 0 Å². The molecule has 96 valence electrons. The number of carboxylic acid groups (broad SMARTS) is 1. The molecule has 0 aromatic heterocycles. The average Bonchev–Trinajstić information content (AvgIpc) is 2.91. The Bertz CT molecular complexity index is 534. The fourth-order valence-corrected chi connectivity index (χ4v) is 2.89. The van der Waals surface area contributed by atoms with Crippen LogP contribution >= 0.6 is 11.6 Å². The molecule has 18 heavy (non-hydrogen) atoms. The molecule has 1 aliphatic heterocycles. The minimum Gasteiger partial charge on any atom is -0.481 e. The maximum absolute atomic E-state index is 11.0. The zero-order valence-electron chi connectivity index (χ0n) is 9.96. The van der Waals surface area contributed by atoms with Gasteiger partial charge in [-0.1, -0.05) is 11.6 Å². The molecular formula is C13H13ClO4. The van der Waals surface area contributed by atoms with E-state index in [0.717, 1.165) is 24.0 Å². The second-order valence-corrected chi connectivity index (χ2v) is 5.33. The van der Waals surface area contributed by atoms with E-state index in [1.165, 1.54) is 0 Å². The average molecular weight is 269 g/mol. The van der Waals surface area contributed by atoms with Crippen LogP contribution in [0, 0.1) is 6.92 Å². The van der Waals surface area contributed by atoms with E-state index in [-0.39, 0.29) is 18.6 Å². The fourth-order valence-electron chi connectivity index (χ4n) is 2.55. The predicted molar refractivity (Wildman–Crippen MR) is 65.5 cm³/mol. The third-order valence-electron chi connectivity index (χ3n) is 3.74. The molecule has 5 heteroatoms. The van der Waals surface area contributed by atoms with Crippen molar-refractivity contribution in [3.63, 3.8) is 0 Å². The van der Waals surface area contributed by atoms with Crippen molar-refractivity contribution in [2.24, 2.45) is 0 Å². The molecule has 1 fully saturated rings. The van der Waals surface area contributed by atoms with Gasteiger partial charge in [-0.25, -0.2) is 0 Å². The number of hydrogen-bond acceptors (Lipinski definition) is 3. The summed E-state index contributed by atoms with van der Waals surface area (Å²) in [6, 6.07) is 1.84. The normalized spacial score (nSPS) is 18.8. The van der Waals surface area contributed by atoms with Gasteiger partial charge in [-0.3, -0.25) is 4.79 Å². The summed E-state index contributed by atoms with van der Waals surface area (Å²) in [6.45, 7) is 2.07. The minimum absolute atomic E-state index is 0.117. The largest absolute Gasteiger partial charge is 0.481 e. The van der Waals surface area contributed by atoms with Crippen LogP contribution in [0.3, 0.4) is 0 Å². The number of halogens is 1. The molecule has 1 saturated carbocycles. The number of rotatable bonds is 3. The zero-order valence-corrected chi connectivity index (χ0v) is 10.7. The minimum atomic E-state index is -0.793. The first-order valence-corrected chi connectivity index (χ1v) is 6.22. The topological polar surface area (TPSA) is 55.8 Å². The molecule has 4 nitrogen and oxygen atoms in total. The Morgan fingerprint density at radius 2 is 2.22 bits per heavy atom. The van der Waals surface area contributed by atoms with Gasteiger partial charge in [0.2, 0.25) is 6.79 Å². The van der Waals surface area contributed by atoms with Gasteiger partial charge in [0.15, 0.2) is 11.5 Å². The lowest BCUT2D eigenvalue weighted by atomic mass is 9.90. The molecule has 1 aromatic carbocycles. The Morgan fingerprint density at radius 3 is 2.83 bits per heavy atom. The monoisotopic (exact) mass is 268 g/mol. The summed E-state index contributed by atoms with van der Waals surface area (Å²) in [4.78, 5) is 11.0. The summed E-state index contributed by atoms with van der Waals surface area (Å²) in [6.07, 6.45) is 1.84. The predicted octanol–water partition coefficient (Wildman–Crippen LogP) is 2.88. The number of ether oxygens (including phenoxy) is 2. The van der Waals surface area contributed by atoms with Gasteiger partial charge in [-0.05, 0) is 31.4 Å².